The fourth-order valence-electron chi connectivity index (χ4n) is 3.39. The molecule has 5 heteroatoms. The minimum atomic E-state index is -0.0724. The van der Waals surface area contributed by atoms with Gasteiger partial charge < -0.3 is 10.1 Å². The highest BCUT2D eigenvalue weighted by atomic mass is 16.5. The van der Waals surface area contributed by atoms with E-state index in [-0.39, 0.29) is 5.91 Å². The van der Waals surface area contributed by atoms with Crippen molar-refractivity contribution < 1.29 is 9.53 Å². The monoisotopic (exact) mass is 353 g/mol. The van der Waals surface area contributed by atoms with E-state index in [9.17, 15) is 4.79 Å². The molecule has 1 fully saturated rings. The van der Waals surface area contributed by atoms with Crippen LogP contribution in [0, 0.1) is 5.92 Å². The molecule has 1 amide bonds. The maximum Gasteiger partial charge on any atom is 0.244 e. The molecule has 26 heavy (non-hydrogen) atoms. The number of amides is 1. The molecule has 1 unspecified atom stereocenters. The SMILES string of the molecule is CC(C)C(CNC(=O)/C=C/c1cccc2cccnc12)N1CCOCC1. The Kier molecular flexibility index (Phi) is 6.36. The molecule has 1 saturated heterocycles. The molecular weight excluding hydrogens is 326 g/mol. The number of fused-ring (bicyclic) bond motifs is 1. The molecule has 1 N–H and O–H groups in total. The van der Waals surface area contributed by atoms with Crippen LogP contribution in [-0.4, -0.2) is 54.7 Å². The van der Waals surface area contributed by atoms with Gasteiger partial charge in [0.2, 0.25) is 5.91 Å². The minimum Gasteiger partial charge on any atom is -0.379 e. The third kappa shape index (κ3) is 4.68. The maximum atomic E-state index is 12.3. The lowest BCUT2D eigenvalue weighted by Gasteiger charge is -2.36. The fourth-order valence-corrected chi connectivity index (χ4v) is 3.39. The Labute approximate surface area is 155 Å². The Bertz CT molecular complexity index is 761. The largest absolute Gasteiger partial charge is 0.379 e. The molecule has 1 atom stereocenters. The Hall–Kier alpha value is -2.24. The van der Waals surface area contributed by atoms with Gasteiger partial charge >= 0.3 is 0 Å². The van der Waals surface area contributed by atoms with Crippen molar-refractivity contribution in [2.75, 3.05) is 32.8 Å². The van der Waals surface area contributed by atoms with E-state index in [1.807, 2.05) is 36.4 Å². The molecule has 2 heterocycles. The van der Waals surface area contributed by atoms with Gasteiger partial charge in [-0.05, 0) is 18.1 Å². The summed E-state index contributed by atoms with van der Waals surface area (Å²) >= 11 is 0. The molecule has 3 rings (SSSR count). The van der Waals surface area contributed by atoms with Gasteiger partial charge in [-0.3, -0.25) is 14.7 Å². The highest BCUT2D eigenvalue weighted by Gasteiger charge is 2.23. The molecule has 0 aliphatic carbocycles. The molecule has 1 aliphatic rings. The first-order valence-corrected chi connectivity index (χ1v) is 9.26. The zero-order valence-electron chi connectivity index (χ0n) is 15.5. The van der Waals surface area contributed by atoms with Gasteiger partial charge in [0.1, 0.15) is 0 Å². The number of carbonyl (C=O) groups is 1. The number of hydrogen-bond acceptors (Lipinski definition) is 4. The molecule has 1 aromatic carbocycles. The van der Waals surface area contributed by atoms with Crippen molar-refractivity contribution >= 4 is 22.9 Å². The summed E-state index contributed by atoms with van der Waals surface area (Å²) in [6, 6.07) is 10.2. The van der Waals surface area contributed by atoms with E-state index >= 15 is 0 Å². The highest BCUT2D eigenvalue weighted by molar-refractivity contribution is 5.95. The van der Waals surface area contributed by atoms with Gasteiger partial charge in [-0.15, -0.1) is 0 Å². The number of carbonyl (C=O) groups excluding carboxylic acids is 1. The van der Waals surface area contributed by atoms with E-state index in [0.29, 0.717) is 18.5 Å². The molecule has 0 radical (unpaired) electrons. The number of pyridine rings is 1. The van der Waals surface area contributed by atoms with Crippen LogP contribution in [-0.2, 0) is 9.53 Å². The normalized spacial score (nSPS) is 17.0. The number of benzene rings is 1. The minimum absolute atomic E-state index is 0.0724. The number of ether oxygens (including phenoxy) is 1. The molecule has 1 aromatic heterocycles. The zero-order chi connectivity index (χ0) is 18.4. The van der Waals surface area contributed by atoms with Crippen molar-refractivity contribution in [3.8, 4) is 0 Å². The zero-order valence-corrected chi connectivity index (χ0v) is 15.5. The summed E-state index contributed by atoms with van der Waals surface area (Å²) in [6.07, 6.45) is 5.21. The number of morpholine rings is 1. The molecule has 0 spiro atoms. The van der Waals surface area contributed by atoms with Crippen LogP contribution >= 0.6 is 0 Å². The van der Waals surface area contributed by atoms with Crippen molar-refractivity contribution in [2.45, 2.75) is 19.9 Å². The van der Waals surface area contributed by atoms with Crippen molar-refractivity contribution in [3.63, 3.8) is 0 Å². The summed E-state index contributed by atoms with van der Waals surface area (Å²) in [5.74, 6) is 0.400. The molecule has 0 bridgehead atoms. The van der Waals surface area contributed by atoms with E-state index in [1.54, 1.807) is 12.3 Å². The summed E-state index contributed by atoms with van der Waals surface area (Å²) < 4.78 is 5.43. The predicted molar refractivity (Wildman–Crippen MR) is 105 cm³/mol. The first-order valence-electron chi connectivity index (χ1n) is 9.26. The van der Waals surface area contributed by atoms with Gasteiger partial charge in [-0.2, -0.15) is 0 Å². The van der Waals surface area contributed by atoms with Gasteiger partial charge in [0.05, 0.1) is 18.7 Å². The van der Waals surface area contributed by atoms with Crippen molar-refractivity contribution in [1.29, 1.82) is 0 Å². The van der Waals surface area contributed by atoms with Crippen LogP contribution < -0.4 is 5.32 Å². The van der Waals surface area contributed by atoms with Crippen LogP contribution in [0.1, 0.15) is 19.4 Å². The maximum absolute atomic E-state index is 12.3. The first kappa shape index (κ1) is 18.5. The number of nitrogens with one attached hydrogen (secondary N) is 1. The molecule has 1 aliphatic heterocycles. The van der Waals surface area contributed by atoms with Gasteiger partial charge in [-0.1, -0.05) is 38.1 Å². The third-order valence-electron chi connectivity index (χ3n) is 4.85. The van der Waals surface area contributed by atoms with Gasteiger partial charge in [0.15, 0.2) is 0 Å². The topological polar surface area (TPSA) is 54.5 Å². The van der Waals surface area contributed by atoms with E-state index in [1.165, 1.54) is 0 Å². The second kappa shape index (κ2) is 8.92. The fraction of sp³-hybridized carbons (Fsp3) is 0.429. The highest BCUT2D eigenvalue weighted by Crippen LogP contribution is 2.17. The van der Waals surface area contributed by atoms with Crippen LogP contribution in [0.2, 0.25) is 0 Å². The predicted octanol–water partition coefficient (Wildman–Crippen LogP) is 2.72. The Morgan fingerprint density at radius 2 is 2.04 bits per heavy atom. The van der Waals surface area contributed by atoms with Gasteiger partial charge in [-0.25, -0.2) is 0 Å². The molecule has 0 saturated carbocycles. The summed E-state index contributed by atoms with van der Waals surface area (Å²) in [5, 5.41) is 4.12. The smallest absolute Gasteiger partial charge is 0.244 e. The van der Waals surface area contributed by atoms with E-state index in [2.05, 4.69) is 29.0 Å². The van der Waals surface area contributed by atoms with Crippen molar-refractivity contribution in [3.05, 3.63) is 48.2 Å². The van der Waals surface area contributed by atoms with E-state index < -0.39 is 0 Å². The second-order valence-corrected chi connectivity index (χ2v) is 6.96. The average molecular weight is 353 g/mol. The van der Waals surface area contributed by atoms with Crippen LogP contribution in [0.25, 0.3) is 17.0 Å². The first-order chi connectivity index (χ1) is 12.6. The van der Waals surface area contributed by atoms with Crippen LogP contribution in [0.5, 0.6) is 0 Å². The summed E-state index contributed by atoms with van der Waals surface area (Å²) in [5.41, 5.74) is 1.86. The lowest BCUT2D eigenvalue weighted by Crippen LogP contribution is -2.51. The standard InChI is InChI=1S/C21H27N3O2/c1-16(2)19(24-11-13-26-14-12-24)15-23-20(25)9-8-18-6-3-5-17-7-4-10-22-21(17)18/h3-10,16,19H,11-15H2,1-2H3,(H,23,25)/b9-8+. The molecule has 138 valence electrons. The van der Waals surface area contributed by atoms with Crippen LogP contribution in [0.15, 0.2) is 42.6 Å². The van der Waals surface area contributed by atoms with Crippen LogP contribution in [0.4, 0.5) is 0 Å². The Morgan fingerprint density at radius 3 is 2.81 bits per heavy atom. The quantitative estimate of drug-likeness (QED) is 0.812. The van der Waals surface area contributed by atoms with E-state index in [0.717, 1.165) is 42.8 Å². The lowest BCUT2D eigenvalue weighted by molar-refractivity contribution is -0.116. The number of nitrogens with zero attached hydrogens (tertiary/aromatic N) is 2. The van der Waals surface area contributed by atoms with E-state index in [4.69, 9.17) is 4.74 Å². The second-order valence-electron chi connectivity index (χ2n) is 6.96. The molecular formula is C21H27N3O2. The Balaban J connectivity index is 1.61. The number of para-hydroxylation sites is 1. The van der Waals surface area contributed by atoms with Gasteiger partial charge in [0, 0.05) is 48.9 Å². The summed E-state index contributed by atoms with van der Waals surface area (Å²) in [7, 11) is 0. The molecule has 2 aromatic rings. The number of hydrogen-bond donors (Lipinski definition) is 1. The van der Waals surface area contributed by atoms with Gasteiger partial charge in [0.25, 0.3) is 0 Å². The third-order valence-corrected chi connectivity index (χ3v) is 4.85. The summed E-state index contributed by atoms with van der Waals surface area (Å²) in [6.45, 7) is 8.44. The number of aromatic nitrogens is 1. The molecule has 5 nitrogen and oxygen atoms in total. The average Bonchev–Trinajstić information content (AvgIpc) is 2.67. The Morgan fingerprint density at radius 1 is 1.27 bits per heavy atom. The van der Waals surface area contributed by atoms with Crippen molar-refractivity contribution in [1.82, 2.24) is 15.2 Å². The van der Waals surface area contributed by atoms with Crippen molar-refractivity contribution in [2.24, 2.45) is 5.92 Å². The summed E-state index contributed by atoms with van der Waals surface area (Å²) in [4.78, 5) is 19.1. The lowest BCUT2D eigenvalue weighted by atomic mass is 10.0. The van der Waals surface area contributed by atoms with Crippen LogP contribution in [0.3, 0.4) is 0 Å². The number of rotatable bonds is 6.